The Labute approximate surface area is 129 Å². The summed E-state index contributed by atoms with van der Waals surface area (Å²) in [6.45, 7) is 0. The molecule has 0 saturated heterocycles. The molecule has 0 N–H and O–H groups in total. The van der Waals surface area contributed by atoms with E-state index in [9.17, 15) is 8.78 Å². The van der Waals surface area contributed by atoms with Crippen molar-refractivity contribution < 1.29 is 8.78 Å². The van der Waals surface area contributed by atoms with Gasteiger partial charge in [0, 0.05) is 22.7 Å². The zero-order valence-corrected chi connectivity index (χ0v) is 12.1. The van der Waals surface area contributed by atoms with Crippen molar-refractivity contribution in [1.82, 2.24) is 9.38 Å². The second-order valence-corrected chi connectivity index (χ2v) is 5.73. The summed E-state index contributed by atoms with van der Waals surface area (Å²) in [6.07, 6.45) is 1.85. The molecule has 0 unspecified atom stereocenters. The predicted molar refractivity (Wildman–Crippen MR) is 83.9 cm³/mol. The molecule has 4 rings (SSSR count). The first-order valence-corrected chi connectivity index (χ1v) is 7.58. The largest absolute Gasteiger partial charge is 0.290 e. The summed E-state index contributed by atoms with van der Waals surface area (Å²) in [5.74, 6) is -0.907. The number of halogens is 2. The number of benzene rings is 2. The van der Waals surface area contributed by atoms with Crippen molar-refractivity contribution in [2.75, 3.05) is 0 Å². The van der Waals surface area contributed by atoms with Gasteiger partial charge in [0.15, 0.2) is 4.96 Å². The minimum Gasteiger partial charge on any atom is -0.290 e. The molecule has 22 heavy (non-hydrogen) atoms. The first-order chi connectivity index (χ1) is 10.7. The van der Waals surface area contributed by atoms with Gasteiger partial charge in [0.2, 0.25) is 0 Å². The molecule has 2 aromatic carbocycles. The van der Waals surface area contributed by atoms with Crippen molar-refractivity contribution in [1.29, 1.82) is 0 Å². The van der Waals surface area contributed by atoms with Crippen LogP contribution in [-0.2, 0) is 0 Å². The average molecular weight is 312 g/mol. The Balaban J connectivity index is 1.90. The zero-order chi connectivity index (χ0) is 15.1. The minimum atomic E-state index is -0.459. The van der Waals surface area contributed by atoms with E-state index < -0.39 is 11.6 Å². The number of hydrogen-bond acceptors (Lipinski definition) is 2. The quantitative estimate of drug-likeness (QED) is 0.508. The molecule has 2 heterocycles. The normalized spacial score (nSPS) is 11.2. The SMILES string of the molecule is Fc1ccc(F)c(-c2csc3nc(-c4ccccc4)cn23)c1. The van der Waals surface area contributed by atoms with Gasteiger partial charge in [-0.2, -0.15) is 0 Å². The fourth-order valence-corrected chi connectivity index (χ4v) is 3.29. The fraction of sp³-hybridized carbons (Fsp3) is 0. The van der Waals surface area contributed by atoms with E-state index in [-0.39, 0.29) is 5.56 Å². The van der Waals surface area contributed by atoms with Crippen molar-refractivity contribution in [3.05, 3.63) is 71.7 Å². The highest BCUT2D eigenvalue weighted by Crippen LogP contribution is 2.31. The molecule has 2 nitrogen and oxygen atoms in total. The lowest BCUT2D eigenvalue weighted by Gasteiger charge is -2.02. The third kappa shape index (κ3) is 2.10. The Bertz CT molecular complexity index is 957. The van der Waals surface area contributed by atoms with Crippen LogP contribution in [0.2, 0.25) is 0 Å². The van der Waals surface area contributed by atoms with Crippen molar-refractivity contribution in [3.63, 3.8) is 0 Å². The highest BCUT2D eigenvalue weighted by Gasteiger charge is 2.14. The number of imidazole rings is 1. The first-order valence-electron chi connectivity index (χ1n) is 6.70. The lowest BCUT2D eigenvalue weighted by Crippen LogP contribution is -1.89. The van der Waals surface area contributed by atoms with Crippen LogP contribution in [0.5, 0.6) is 0 Å². The van der Waals surface area contributed by atoms with E-state index in [4.69, 9.17) is 0 Å². The average Bonchev–Trinajstić information content (AvgIpc) is 3.11. The Morgan fingerprint density at radius 1 is 1.00 bits per heavy atom. The molecule has 0 spiro atoms. The highest BCUT2D eigenvalue weighted by molar-refractivity contribution is 7.15. The fourth-order valence-electron chi connectivity index (χ4n) is 2.42. The summed E-state index contributed by atoms with van der Waals surface area (Å²) in [6, 6.07) is 13.2. The molecule has 0 fully saturated rings. The minimum absolute atomic E-state index is 0.239. The number of rotatable bonds is 2. The molecular weight excluding hydrogens is 302 g/mol. The van der Waals surface area contributed by atoms with E-state index >= 15 is 0 Å². The van der Waals surface area contributed by atoms with Crippen LogP contribution in [0, 0.1) is 11.6 Å². The van der Waals surface area contributed by atoms with Gasteiger partial charge in [-0.25, -0.2) is 13.8 Å². The smallest absolute Gasteiger partial charge is 0.194 e. The van der Waals surface area contributed by atoms with Gasteiger partial charge < -0.3 is 0 Å². The molecule has 0 atom stereocenters. The molecule has 0 aliphatic heterocycles. The monoisotopic (exact) mass is 312 g/mol. The van der Waals surface area contributed by atoms with E-state index in [1.165, 1.54) is 17.4 Å². The van der Waals surface area contributed by atoms with Crippen molar-refractivity contribution >= 4 is 16.3 Å². The van der Waals surface area contributed by atoms with Crippen LogP contribution >= 0.6 is 11.3 Å². The van der Waals surface area contributed by atoms with Crippen molar-refractivity contribution in [2.45, 2.75) is 0 Å². The van der Waals surface area contributed by atoms with Crippen LogP contribution in [-0.4, -0.2) is 9.38 Å². The number of hydrogen-bond donors (Lipinski definition) is 0. The standard InChI is InChI=1S/C17H10F2N2S/c18-12-6-7-14(19)13(8-12)16-10-22-17-20-15(9-21(16)17)11-4-2-1-3-5-11/h1-10H. The molecule has 0 amide bonds. The summed E-state index contributed by atoms with van der Waals surface area (Å²) >= 11 is 1.40. The molecule has 0 saturated carbocycles. The second kappa shape index (κ2) is 5.03. The molecule has 0 bridgehead atoms. The van der Waals surface area contributed by atoms with Crippen LogP contribution < -0.4 is 0 Å². The molecule has 0 radical (unpaired) electrons. The van der Waals surface area contributed by atoms with Gasteiger partial charge in [-0.1, -0.05) is 30.3 Å². The number of fused-ring (bicyclic) bond motifs is 1. The van der Waals surface area contributed by atoms with E-state index in [1.807, 2.05) is 36.5 Å². The molecular formula is C17H10F2N2S. The maximum Gasteiger partial charge on any atom is 0.194 e. The van der Waals surface area contributed by atoms with Gasteiger partial charge in [-0.05, 0) is 18.2 Å². The lowest BCUT2D eigenvalue weighted by atomic mass is 10.1. The Morgan fingerprint density at radius 2 is 1.82 bits per heavy atom. The van der Waals surface area contributed by atoms with Crippen LogP contribution in [0.3, 0.4) is 0 Å². The lowest BCUT2D eigenvalue weighted by molar-refractivity contribution is 0.602. The summed E-state index contributed by atoms with van der Waals surface area (Å²) in [5, 5.41) is 1.79. The maximum atomic E-state index is 14.0. The van der Waals surface area contributed by atoms with Gasteiger partial charge in [-0.3, -0.25) is 4.40 Å². The summed E-state index contributed by atoms with van der Waals surface area (Å²) < 4.78 is 29.2. The van der Waals surface area contributed by atoms with E-state index in [2.05, 4.69) is 4.98 Å². The third-order valence-electron chi connectivity index (χ3n) is 3.48. The maximum absolute atomic E-state index is 14.0. The molecule has 5 heteroatoms. The van der Waals surface area contributed by atoms with E-state index in [0.717, 1.165) is 28.4 Å². The zero-order valence-electron chi connectivity index (χ0n) is 11.3. The van der Waals surface area contributed by atoms with E-state index in [0.29, 0.717) is 5.69 Å². The summed E-state index contributed by atoms with van der Waals surface area (Å²) in [4.78, 5) is 5.29. The number of aromatic nitrogens is 2. The van der Waals surface area contributed by atoms with Gasteiger partial charge in [0.05, 0.1) is 11.4 Å². The topological polar surface area (TPSA) is 17.3 Å². The first kappa shape index (κ1) is 13.2. The Morgan fingerprint density at radius 3 is 2.64 bits per heavy atom. The van der Waals surface area contributed by atoms with Gasteiger partial charge >= 0.3 is 0 Å². The molecule has 108 valence electrons. The molecule has 4 aromatic rings. The number of nitrogens with zero attached hydrogens (tertiary/aromatic N) is 2. The van der Waals surface area contributed by atoms with Gasteiger partial charge in [0.1, 0.15) is 11.6 Å². The summed E-state index contributed by atoms with van der Waals surface area (Å²) in [7, 11) is 0. The van der Waals surface area contributed by atoms with Crippen molar-refractivity contribution in [3.8, 4) is 22.5 Å². The number of thiazole rings is 1. The van der Waals surface area contributed by atoms with Crippen LogP contribution in [0.4, 0.5) is 8.78 Å². The molecule has 2 aromatic heterocycles. The van der Waals surface area contributed by atoms with Gasteiger partial charge in [-0.15, -0.1) is 11.3 Å². The van der Waals surface area contributed by atoms with E-state index in [1.54, 1.807) is 9.78 Å². The molecule has 0 aliphatic carbocycles. The van der Waals surface area contributed by atoms with Crippen LogP contribution in [0.25, 0.3) is 27.5 Å². The second-order valence-electron chi connectivity index (χ2n) is 4.89. The van der Waals surface area contributed by atoms with Crippen LogP contribution in [0.15, 0.2) is 60.1 Å². The van der Waals surface area contributed by atoms with Gasteiger partial charge in [0.25, 0.3) is 0 Å². The van der Waals surface area contributed by atoms with Crippen molar-refractivity contribution in [2.24, 2.45) is 0 Å². The predicted octanol–water partition coefficient (Wildman–Crippen LogP) is 5.01. The highest BCUT2D eigenvalue weighted by atomic mass is 32.1. The Hall–Kier alpha value is -2.53. The summed E-state index contributed by atoms with van der Waals surface area (Å²) in [5.41, 5.74) is 2.64. The Kier molecular flexibility index (Phi) is 3.01. The third-order valence-corrected chi connectivity index (χ3v) is 4.32. The molecule has 0 aliphatic rings. The van der Waals surface area contributed by atoms with Crippen LogP contribution in [0.1, 0.15) is 0 Å².